The molecule has 4 N–H and O–H groups in total. The lowest BCUT2D eigenvalue weighted by atomic mass is 10.1. The van der Waals surface area contributed by atoms with E-state index in [0.29, 0.717) is 29.1 Å². The summed E-state index contributed by atoms with van der Waals surface area (Å²) >= 11 is 5.59. The Hall–Kier alpha value is -9.85. The number of nitrogens with one attached hydrogen (secondary N) is 4. The molecule has 25 heteroatoms. The van der Waals surface area contributed by atoms with Gasteiger partial charge in [-0.15, -0.1) is 24.0 Å². The number of amides is 3. The minimum absolute atomic E-state index is 0. The van der Waals surface area contributed by atoms with Crippen molar-refractivity contribution in [3.63, 3.8) is 0 Å². The Morgan fingerprint density at radius 3 is 1.30 bits per heavy atom. The lowest BCUT2D eigenvalue weighted by molar-refractivity contribution is 0.0900. The second kappa shape index (κ2) is 38.5. The van der Waals surface area contributed by atoms with Gasteiger partial charge >= 0.3 is 0 Å². The summed E-state index contributed by atoms with van der Waals surface area (Å²) in [5, 5.41) is 15.0. The van der Waals surface area contributed by atoms with Crippen molar-refractivity contribution in [3.8, 4) is 45.3 Å². The molecule has 9 aromatic heterocycles. The van der Waals surface area contributed by atoms with Gasteiger partial charge in [0.25, 0.3) is 17.7 Å². The minimum Gasteiger partial charge on any atom is -0.496 e. The van der Waals surface area contributed by atoms with Crippen LogP contribution in [-0.2, 0) is 21.1 Å². The highest BCUT2D eigenvalue weighted by Gasteiger charge is 2.26. The number of ether oxygens (including phenoxy) is 2. The second-order valence-electron chi connectivity index (χ2n) is 31.3. The zero-order chi connectivity index (χ0) is 78.5. The van der Waals surface area contributed by atoms with E-state index >= 15 is 0 Å². The zero-order valence-electron chi connectivity index (χ0n) is 66.9. The largest absolute Gasteiger partial charge is 0.496 e. The highest BCUT2D eigenvalue weighted by atomic mass is 35.5. The van der Waals surface area contributed by atoms with E-state index < -0.39 is 0 Å². The summed E-state index contributed by atoms with van der Waals surface area (Å²) in [5.41, 5.74) is 12.7. The van der Waals surface area contributed by atoms with Crippen molar-refractivity contribution >= 4 is 107 Å². The molecule has 0 saturated carbocycles. The van der Waals surface area contributed by atoms with E-state index in [1.165, 1.54) is 71.2 Å². The average Bonchev–Trinajstić information content (AvgIpc) is 1.56. The van der Waals surface area contributed by atoms with Gasteiger partial charge in [-0.25, -0.2) is 9.97 Å². The molecule has 5 saturated heterocycles. The minimum atomic E-state index is -0.0665. The van der Waals surface area contributed by atoms with Crippen LogP contribution in [0, 0.1) is 0 Å². The number of aromatic nitrogens is 9. The number of H-pyrrole nitrogens is 1. The Bertz CT molecular complexity index is 5370. The van der Waals surface area contributed by atoms with Crippen molar-refractivity contribution in [1.29, 1.82) is 0 Å². The van der Waals surface area contributed by atoms with E-state index in [-0.39, 0.29) is 53.7 Å². The number of halogens is 2. The van der Waals surface area contributed by atoms with Gasteiger partial charge in [-0.05, 0) is 249 Å². The first-order valence-corrected chi connectivity index (χ1v) is 41.0. The molecule has 5 fully saturated rings. The van der Waals surface area contributed by atoms with Crippen LogP contribution in [0.25, 0.3) is 99.2 Å². The van der Waals surface area contributed by atoms with Crippen molar-refractivity contribution in [2.24, 2.45) is 21.1 Å². The highest BCUT2D eigenvalue weighted by Crippen LogP contribution is 2.35. The predicted octanol–water partition coefficient (Wildman–Crippen LogP) is 13.9. The number of rotatable bonds is 18. The van der Waals surface area contributed by atoms with Crippen molar-refractivity contribution < 1.29 is 23.9 Å². The lowest BCUT2D eigenvalue weighted by Crippen LogP contribution is -2.43. The van der Waals surface area contributed by atoms with Gasteiger partial charge in [-0.3, -0.25) is 34.1 Å². The molecule has 600 valence electrons. The summed E-state index contributed by atoms with van der Waals surface area (Å²) in [6.07, 6.45) is 26.6. The maximum Gasteiger partial charge on any atom is 0.268 e. The van der Waals surface area contributed by atoms with Gasteiger partial charge in [0, 0.05) is 157 Å². The van der Waals surface area contributed by atoms with Crippen LogP contribution in [0.4, 0.5) is 0 Å². The molecule has 5 aliphatic heterocycles. The molecule has 14 heterocycles. The summed E-state index contributed by atoms with van der Waals surface area (Å²) in [4.78, 5) is 89.1. The average molecular weight is 1580 g/mol. The Kier molecular flexibility index (Phi) is 27.8. The van der Waals surface area contributed by atoms with Crippen LogP contribution in [0.15, 0.2) is 151 Å². The number of methoxy groups -OCH3 is 1. The molecule has 23 nitrogen and oxygen atoms in total. The van der Waals surface area contributed by atoms with Gasteiger partial charge in [0.05, 0.1) is 57.8 Å². The maximum absolute atomic E-state index is 13.2. The molecule has 0 atom stereocenters. The van der Waals surface area contributed by atoms with E-state index in [0.717, 1.165) is 208 Å². The number of aryl methyl sites for hydroxylation is 3. The Balaban J connectivity index is 0.000000141. The number of aromatic amines is 1. The van der Waals surface area contributed by atoms with E-state index in [9.17, 15) is 19.2 Å². The smallest absolute Gasteiger partial charge is 0.268 e. The number of alkyl halides is 1. The van der Waals surface area contributed by atoms with E-state index in [4.69, 9.17) is 31.0 Å². The molecule has 0 spiro atoms. The van der Waals surface area contributed by atoms with Gasteiger partial charge in [-0.2, -0.15) is 0 Å². The number of benzene rings is 3. The van der Waals surface area contributed by atoms with Gasteiger partial charge in [0.2, 0.25) is 0 Å². The van der Waals surface area contributed by atoms with Gasteiger partial charge in [0.1, 0.15) is 28.6 Å². The molecular weight excluding hydrogens is 1470 g/mol. The molecule has 3 aromatic carbocycles. The second-order valence-corrected chi connectivity index (χ2v) is 31.6. The van der Waals surface area contributed by atoms with Crippen molar-refractivity contribution in [2.75, 3.05) is 119 Å². The molecule has 0 bridgehead atoms. The fourth-order valence-corrected chi connectivity index (χ4v) is 16.6. The number of fused-ring (bicyclic) bond motifs is 6. The quantitative estimate of drug-likeness (QED) is 0.0462. The topological polar surface area (TPSA) is 234 Å². The first kappa shape index (κ1) is 82.1. The Labute approximate surface area is 678 Å². The van der Waals surface area contributed by atoms with Crippen LogP contribution in [0.1, 0.15) is 121 Å². The maximum atomic E-state index is 13.2. The number of likely N-dealkylation sites (tertiary alicyclic amines) is 5. The monoisotopic (exact) mass is 1580 g/mol. The van der Waals surface area contributed by atoms with Crippen LogP contribution in [0.2, 0.25) is 0 Å². The van der Waals surface area contributed by atoms with Crippen LogP contribution >= 0.6 is 24.0 Å². The summed E-state index contributed by atoms with van der Waals surface area (Å²) in [6.45, 7) is 14.0. The third-order valence-corrected chi connectivity index (χ3v) is 23.5. The number of carbonyl (C=O) groups excluding carboxylic acids is 3. The summed E-state index contributed by atoms with van der Waals surface area (Å²) in [5.74, 6) is 2.31. The van der Waals surface area contributed by atoms with Crippen LogP contribution < -0.4 is 30.9 Å². The molecule has 0 radical (unpaired) electrons. The van der Waals surface area contributed by atoms with Crippen LogP contribution in [-0.4, -0.2) is 223 Å². The molecule has 114 heavy (non-hydrogen) atoms. The number of hydrogen-bond donors (Lipinski definition) is 4. The van der Waals surface area contributed by atoms with Crippen molar-refractivity contribution in [1.82, 2.24) is 84.1 Å². The molecule has 12 aromatic rings. The fourth-order valence-electron chi connectivity index (χ4n) is 16.5. The third kappa shape index (κ3) is 19.9. The summed E-state index contributed by atoms with van der Waals surface area (Å²) in [6, 6.07) is 36.2. The standard InChI is InChI=1S/C32H40N6O2.C25H27N5O2.C24H25N5O2.C8H16ClN.ClH/c1-36-16-10-25(11-17-36)34-32(39)30-20-24-19-23(7-8-29(24)37(30)2)28-21-31(26-22-33-12-9-27(26)35-28)40-18-6-15-38-13-4-3-5-14-38;1-29-10-7-18(8-11-29)27-25(31)23-13-17-12-16(4-5-22(17)30(23)2)21-14-24(32-3)19-15-26-9-6-20(19)28-21;1-28-9-6-17(7-10-28)26-24(31)22-12-16-11-15(3-4-21(16)29(22)2)20-13-23(30)18-14-25-8-5-19(18)27-20;9-5-4-8-10-6-2-1-3-7-10;/h7-9,12,19-22,25H,3-6,10-11,13-18H2,1-2H3,(H,34,39);4-6,9,12-15,18H,7-8,10-11H2,1-3H3,(H,27,31);3-5,8,11-14,17H,6-7,9-10H2,1-2H3,(H,26,31)(H,27,30);1-8H2;1H. The van der Waals surface area contributed by atoms with Crippen molar-refractivity contribution in [2.45, 2.75) is 108 Å². The van der Waals surface area contributed by atoms with Crippen LogP contribution in [0.3, 0.4) is 0 Å². The first-order valence-electron chi connectivity index (χ1n) is 40.4. The molecule has 0 unspecified atom stereocenters. The Morgan fingerprint density at radius 1 is 0.465 bits per heavy atom. The molecule has 0 aliphatic carbocycles. The predicted molar refractivity (Wildman–Crippen MR) is 461 cm³/mol. The number of carbonyl (C=O) groups is 3. The van der Waals surface area contributed by atoms with Gasteiger partial charge in [0.15, 0.2) is 5.43 Å². The zero-order valence-corrected chi connectivity index (χ0v) is 68.5. The highest BCUT2D eigenvalue weighted by molar-refractivity contribution is 6.17. The number of pyridine rings is 6. The van der Waals surface area contributed by atoms with E-state index in [1.807, 2.05) is 114 Å². The van der Waals surface area contributed by atoms with E-state index in [2.05, 4.69) is 106 Å². The number of hydrogen-bond acceptors (Lipinski definition) is 16. The molecule has 3 amide bonds. The molecular formula is C89H109Cl2N17O6. The summed E-state index contributed by atoms with van der Waals surface area (Å²) < 4.78 is 17.8. The van der Waals surface area contributed by atoms with Gasteiger partial charge < -0.3 is 68.6 Å². The van der Waals surface area contributed by atoms with Crippen molar-refractivity contribution in [3.05, 3.63) is 174 Å². The third-order valence-electron chi connectivity index (χ3n) is 23.3. The first-order chi connectivity index (χ1) is 55.0. The normalized spacial score (nSPS) is 16.5. The number of nitrogens with zero attached hydrogens (tertiary/aromatic N) is 13. The Morgan fingerprint density at radius 2 is 0.860 bits per heavy atom. The molecule has 17 rings (SSSR count). The lowest BCUT2D eigenvalue weighted by Gasteiger charge is -2.29. The summed E-state index contributed by atoms with van der Waals surface area (Å²) in [7, 11) is 13.8. The van der Waals surface area contributed by atoms with Gasteiger partial charge in [-0.1, -0.05) is 31.0 Å². The number of piperidine rings is 5. The molecule has 5 aliphatic rings. The SMILES string of the molecule is CN1CCC(NC(=O)c2cc3cc(-c4cc(=O)c5cnccc5[nH]4)ccc3n2C)CC1.CN1CCC(NC(=O)c2cc3cc(-c4cc(OCCCN5CCCCC5)c5cnccc5n4)ccc3n2C)CC1.COc1cc(-c2ccc3c(c2)cc(C(=O)NC2CCN(C)CC2)n3C)nc2ccncc12.Cl.ClCCCN1CCCCC1. The van der Waals surface area contributed by atoms with E-state index in [1.54, 1.807) is 50.2 Å². The fraction of sp³-hybridized carbons (Fsp3) is 0.427. The van der Waals surface area contributed by atoms with Crippen LogP contribution in [0.5, 0.6) is 11.5 Å².